The van der Waals surface area contributed by atoms with E-state index in [-0.39, 0.29) is 13.0 Å². The highest BCUT2D eigenvalue weighted by atomic mass is 32.1. The molecule has 0 radical (unpaired) electrons. The van der Waals surface area contributed by atoms with Gasteiger partial charge in [0.15, 0.2) is 0 Å². The van der Waals surface area contributed by atoms with Crippen molar-refractivity contribution in [3.05, 3.63) is 69.3 Å². The van der Waals surface area contributed by atoms with Crippen LogP contribution >= 0.6 is 11.3 Å². The van der Waals surface area contributed by atoms with E-state index in [4.69, 9.17) is 4.74 Å². The first-order chi connectivity index (χ1) is 17.0. The standard InChI is InChI=1S/C24H17N7O3S/c1-29-21-15(12-28-29)11-27-13-17(21)31-23(32)22-16(30(24(31)33)8-4-7-25)9-19(35-22)20-14(10-26)5-3-6-18(20)34-2/h3,5-6,9,11-13H,4,8H2,1-2H3. The van der Waals surface area contributed by atoms with Gasteiger partial charge in [0, 0.05) is 30.1 Å². The summed E-state index contributed by atoms with van der Waals surface area (Å²) in [6.07, 6.45) is 4.75. The summed E-state index contributed by atoms with van der Waals surface area (Å²) in [4.78, 5) is 32.2. The highest BCUT2D eigenvalue weighted by molar-refractivity contribution is 7.22. The van der Waals surface area contributed by atoms with Gasteiger partial charge in [-0.2, -0.15) is 15.6 Å². The summed E-state index contributed by atoms with van der Waals surface area (Å²) in [5.41, 5.74) is 1.10. The van der Waals surface area contributed by atoms with Crippen LogP contribution in [0.25, 0.3) is 37.2 Å². The maximum absolute atomic E-state index is 13.7. The number of aromatic nitrogens is 5. The largest absolute Gasteiger partial charge is 0.496 e. The van der Waals surface area contributed by atoms with Crippen LogP contribution in [0.15, 0.2) is 52.4 Å². The molecule has 0 bridgehead atoms. The molecule has 0 spiro atoms. The summed E-state index contributed by atoms with van der Waals surface area (Å²) in [6, 6.07) is 11.0. The van der Waals surface area contributed by atoms with Crippen molar-refractivity contribution >= 4 is 32.5 Å². The van der Waals surface area contributed by atoms with Crippen molar-refractivity contribution in [2.24, 2.45) is 7.05 Å². The molecule has 0 aliphatic carbocycles. The fourth-order valence-electron chi connectivity index (χ4n) is 4.18. The average molecular weight is 484 g/mol. The number of ether oxygens (including phenoxy) is 1. The Hall–Kier alpha value is -4.74. The second-order valence-corrected chi connectivity index (χ2v) is 8.72. The first-order valence-corrected chi connectivity index (χ1v) is 11.3. The zero-order valence-electron chi connectivity index (χ0n) is 18.7. The van der Waals surface area contributed by atoms with Gasteiger partial charge in [-0.25, -0.2) is 9.36 Å². The van der Waals surface area contributed by atoms with Crippen LogP contribution in [0.3, 0.4) is 0 Å². The number of methoxy groups -OCH3 is 1. The van der Waals surface area contributed by atoms with E-state index in [2.05, 4.69) is 22.2 Å². The maximum atomic E-state index is 13.7. The van der Waals surface area contributed by atoms with Crippen molar-refractivity contribution in [3.8, 4) is 34.0 Å². The SMILES string of the molecule is COc1cccc(C#N)c1-c1cc2c(s1)c(=O)n(-c1cncc3cnn(C)c13)c(=O)n2CCC#N. The van der Waals surface area contributed by atoms with Crippen molar-refractivity contribution in [1.82, 2.24) is 23.9 Å². The molecule has 4 aromatic heterocycles. The number of aryl methyl sites for hydroxylation is 2. The molecule has 1 aromatic carbocycles. The summed E-state index contributed by atoms with van der Waals surface area (Å²) in [7, 11) is 3.22. The highest BCUT2D eigenvalue weighted by Gasteiger charge is 2.22. The number of hydrogen-bond acceptors (Lipinski definition) is 8. The quantitative estimate of drug-likeness (QED) is 0.375. The summed E-state index contributed by atoms with van der Waals surface area (Å²) in [5, 5.41) is 23.8. The van der Waals surface area contributed by atoms with E-state index in [1.165, 1.54) is 17.9 Å². The Kier molecular flexibility index (Phi) is 5.40. The molecule has 0 atom stereocenters. The minimum atomic E-state index is -0.585. The third-order valence-electron chi connectivity index (χ3n) is 5.74. The van der Waals surface area contributed by atoms with Crippen LogP contribution in [0, 0.1) is 22.7 Å². The van der Waals surface area contributed by atoms with Crippen LogP contribution < -0.4 is 16.0 Å². The van der Waals surface area contributed by atoms with Crippen LogP contribution in [0.5, 0.6) is 5.75 Å². The van der Waals surface area contributed by atoms with Crippen LogP contribution in [-0.2, 0) is 13.6 Å². The average Bonchev–Trinajstić information content (AvgIpc) is 3.48. The molecule has 0 aliphatic rings. The van der Waals surface area contributed by atoms with Crippen molar-refractivity contribution in [1.29, 1.82) is 10.5 Å². The number of thiophene rings is 1. The monoisotopic (exact) mass is 483 g/mol. The second kappa shape index (κ2) is 8.56. The molecule has 0 amide bonds. The van der Waals surface area contributed by atoms with Gasteiger partial charge in [0.05, 0.1) is 65.9 Å². The number of benzene rings is 1. The van der Waals surface area contributed by atoms with E-state index < -0.39 is 11.2 Å². The number of pyridine rings is 1. The van der Waals surface area contributed by atoms with Crippen LogP contribution in [0.4, 0.5) is 0 Å². The molecule has 0 saturated carbocycles. The van der Waals surface area contributed by atoms with Gasteiger partial charge < -0.3 is 4.74 Å². The first kappa shape index (κ1) is 22.1. The number of nitriles is 2. The number of fused-ring (bicyclic) bond motifs is 2. The lowest BCUT2D eigenvalue weighted by atomic mass is 10.1. The molecule has 172 valence electrons. The predicted octanol–water partition coefficient (Wildman–Crippen LogP) is 2.96. The fraction of sp³-hybridized carbons (Fsp3) is 0.167. The first-order valence-electron chi connectivity index (χ1n) is 10.5. The highest BCUT2D eigenvalue weighted by Crippen LogP contribution is 2.39. The molecule has 4 heterocycles. The van der Waals surface area contributed by atoms with Crippen molar-refractivity contribution in [2.45, 2.75) is 13.0 Å². The molecule has 10 nitrogen and oxygen atoms in total. The normalized spacial score (nSPS) is 11.0. The van der Waals surface area contributed by atoms with Gasteiger partial charge in [0.25, 0.3) is 5.56 Å². The molecular weight excluding hydrogens is 466 g/mol. The van der Waals surface area contributed by atoms with Crippen molar-refractivity contribution in [2.75, 3.05) is 7.11 Å². The summed E-state index contributed by atoms with van der Waals surface area (Å²) in [5.74, 6) is 0.478. The molecule has 0 N–H and O–H groups in total. The van der Waals surface area contributed by atoms with E-state index in [1.807, 2.05) is 0 Å². The van der Waals surface area contributed by atoms with E-state index in [0.29, 0.717) is 48.6 Å². The predicted molar refractivity (Wildman–Crippen MR) is 131 cm³/mol. The number of nitrogens with zero attached hydrogens (tertiary/aromatic N) is 7. The molecule has 0 aliphatic heterocycles. The maximum Gasteiger partial charge on any atom is 0.336 e. The molecule has 0 fully saturated rings. The van der Waals surface area contributed by atoms with Gasteiger partial charge in [-0.1, -0.05) is 6.07 Å². The van der Waals surface area contributed by atoms with Crippen molar-refractivity contribution < 1.29 is 4.74 Å². The van der Waals surface area contributed by atoms with Gasteiger partial charge in [0.2, 0.25) is 0 Å². The van der Waals surface area contributed by atoms with Crippen LogP contribution in [0.2, 0.25) is 0 Å². The van der Waals surface area contributed by atoms with Gasteiger partial charge in [-0.15, -0.1) is 11.3 Å². The molecule has 5 rings (SSSR count). The van der Waals surface area contributed by atoms with Crippen molar-refractivity contribution in [3.63, 3.8) is 0 Å². The van der Waals surface area contributed by atoms with Gasteiger partial charge in [-0.05, 0) is 18.2 Å². The Morgan fingerprint density at radius 2 is 2.00 bits per heavy atom. The summed E-state index contributed by atoms with van der Waals surface area (Å²) >= 11 is 1.16. The third kappa shape index (κ3) is 3.38. The molecule has 0 unspecified atom stereocenters. The minimum Gasteiger partial charge on any atom is -0.496 e. The third-order valence-corrected chi connectivity index (χ3v) is 6.87. The Bertz CT molecular complexity index is 1830. The van der Waals surface area contributed by atoms with Crippen LogP contribution in [0.1, 0.15) is 12.0 Å². The Balaban J connectivity index is 1.89. The van der Waals surface area contributed by atoms with Crippen LogP contribution in [-0.4, -0.2) is 31.0 Å². The van der Waals surface area contributed by atoms with E-state index in [1.54, 1.807) is 48.4 Å². The molecular formula is C24H17N7O3S. The molecule has 35 heavy (non-hydrogen) atoms. The second-order valence-electron chi connectivity index (χ2n) is 7.67. The lowest BCUT2D eigenvalue weighted by molar-refractivity contribution is 0.416. The van der Waals surface area contributed by atoms with E-state index in [9.17, 15) is 20.1 Å². The number of rotatable bonds is 5. The number of hydrogen-bond donors (Lipinski definition) is 0. The molecule has 0 saturated heterocycles. The molecule has 5 aromatic rings. The lowest BCUT2D eigenvalue weighted by Gasteiger charge is -2.12. The minimum absolute atomic E-state index is 0.0741. The summed E-state index contributed by atoms with van der Waals surface area (Å²) in [6.45, 7) is 0.0914. The Morgan fingerprint density at radius 1 is 1.17 bits per heavy atom. The van der Waals surface area contributed by atoms with Gasteiger partial charge in [0.1, 0.15) is 10.4 Å². The Morgan fingerprint density at radius 3 is 2.74 bits per heavy atom. The summed E-state index contributed by atoms with van der Waals surface area (Å²) < 4.78 is 9.85. The van der Waals surface area contributed by atoms with Gasteiger partial charge >= 0.3 is 5.69 Å². The zero-order valence-corrected chi connectivity index (χ0v) is 19.5. The van der Waals surface area contributed by atoms with E-state index in [0.717, 1.165) is 15.9 Å². The topological polar surface area (TPSA) is 132 Å². The molecule has 11 heteroatoms. The fourth-order valence-corrected chi connectivity index (χ4v) is 5.34. The van der Waals surface area contributed by atoms with E-state index >= 15 is 0 Å². The smallest absolute Gasteiger partial charge is 0.336 e. The van der Waals surface area contributed by atoms with Gasteiger partial charge in [-0.3, -0.25) is 19.0 Å². The zero-order chi connectivity index (χ0) is 24.7. The Labute approximate surface area is 202 Å². The lowest BCUT2D eigenvalue weighted by Crippen LogP contribution is -2.38.